The van der Waals surface area contributed by atoms with Gasteiger partial charge in [0.05, 0.1) is 0 Å². The van der Waals surface area contributed by atoms with E-state index in [2.05, 4.69) is 36.2 Å². The second-order valence-corrected chi connectivity index (χ2v) is 5.15. The summed E-state index contributed by atoms with van der Waals surface area (Å²) in [6.45, 7) is 8.88. The van der Waals surface area contributed by atoms with Gasteiger partial charge in [-0.05, 0) is 36.6 Å². The average molecular weight is 253 g/mol. The molecule has 0 spiro atoms. The van der Waals surface area contributed by atoms with Crippen molar-refractivity contribution in [2.75, 3.05) is 26.2 Å². The fraction of sp³-hybridized carbons (Fsp3) is 0.571. The fourth-order valence-corrected chi connectivity index (χ4v) is 2.82. The Hall–Kier alpha value is -0.570. The summed E-state index contributed by atoms with van der Waals surface area (Å²) in [5.74, 6) is 0. The third-order valence-corrected chi connectivity index (χ3v) is 3.81. The Balaban J connectivity index is 2.24. The van der Waals surface area contributed by atoms with Crippen molar-refractivity contribution in [1.82, 2.24) is 10.2 Å². The summed E-state index contributed by atoms with van der Waals surface area (Å²) in [5, 5.41) is 4.25. The van der Waals surface area contributed by atoms with E-state index in [0.29, 0.717) is 6.04 Å². The molecule has 1 saturated heterocycles. The highest BCUT2D eigenvalue weighted by Crippen LogP contribution is 2.29. The number of hydrogen-bond acceptors (Lipinski definition) is 2. The SMILES string of the molecule is CCC(c1cc(Cl)ccc1C)N1CCNCC1. The zero-order valence-corrected chi connectivity index (χ0v) is 11.4. The lowest BCUT2D eigenvalue weighted by atomic mass is 9.97. The molecule has 2 rings (SSSR count). The lowest BCUT2D eigenvalue weighted by Crippen LogP contribution is -2.45. The molecule has 1 aromatic rings. The average Bonchev–Trinajstić information content (AvgIpc) is 2.36. The first-order chi connectivity index (χ1) is 8.22. The molecule has 17 heavy (non-hydrogen) atoms. The first-order valence-corrected chi connectivity index (χ1v) is 6.81. The molecule has 2 nitrogen and oxygen atoms in total. The highest BCUT2D eigenvalue weighted by molar-refractivity contribution is 6.30. The summed E-state index contributed by atoms with van der Waals surface area (Å²) < 4.78 is 0. The molecule has 1 heterocycles. The van der Waals surface area contributed by atoms with Crippen molar-refractivity contribution in [1.29, 1.82) is 0 Å². The van der Waals surface area contributed by atoms with Gasteiger partial charge in [-0.1, -0.05) is 24.6 Å². The van der Waals surface area contributed by atoms with Gasteiger partial charge in [-0.2, -0.15) is 0 Å². The topological polar surface area (TPSA) is 15.3 Å². The Bertz CT molecular complexity index is 372. The Morgan fingerprint density at radius 3 is 2.71 bits per heavy atom. The molecule has 0 radical (unpaired) electrons. The van der Waals surface area contributed by atoms with Gasteiger partial charge in [-0.15, -0.1) is 0 Å². The molecule has 1 atom stereocenters. The van der Waals surface area contributed by atoms with Gasteiger partial charge in [0, 0.05) is 37.2 Å². The highest BCUT2D eigenvalue weighted by atomic mass is 35.5. The zero-order chi connectivity index (χ0) is 12.3. The van der Waals surface area contributed by atoms with Gasteiger partial charge in [0.1, 0.15) is 0 Å². The molecule has 1 aliphatic rings. The number of hydrogen-bond donors (Lipinski definition) is 1. The van der Waals surface area contributed by atoms with E-state index in [9.17, 15) is 0 Å². The van der Waals surface area contributed by atoms with E-state index in [1.807, 2.05) is 6.07 Å². The van der Waals surface area contributed by atoms with Crippen molar-refractivity contribution in [2.45, 2.75) is 26.3 Å². The quantitative estimate of drug-likeness (QED) is 0.890. The molecule has 3 heteroatoms. The minimum absolute atomic E-state index is 0.510. The van der Waals surface area contributed by atoms with Crippen LogP contribution >= 0.6 is 11.6 Å². The lowest BCUT2D eigenvalue weighted by Gasteiger charge is -2.35. The van der Waals surface area contributed by atoms with Crippen molar-refractivity contribution >= 4 is 11.6 Å². The van der Waals surface area contributed by atoms with Crippen molar-refractivity contribution < 1.29 is 0 Å². The van der Waals surface area contributed by atoms with E-state index in [1.165, 1.54) is 11.1 Å². The molecule has 0 aromatic heterocycles. The molecule has 1 N–H and O–H groups in total. The van der Waals surface area contributed by atoms with Crippen molar-refractivity contribution in [3.63, 3.8) is 0 Å². The molecule has 0 saturated carbocycles. The standard InChI is InChI=1S/C14H21ClN2/c1-3-14(17-8-6-16-7-9-17)13-10-12(15)5-4-11(13)2/h4-5,10,14,16H,3,6-9H2,1-2H3. The van der Waals surface area contributed by atoms with Crippen LogP contribution in [0.1, 0.15) is 30.5 Å². The molecule has 94 valence electrons. The third-order valence-electron chi connectivity index (χ3n) is 3.58. The predicted octanol–water partition coefficient (Wildman–Crippen LogP) is 3.00. The summed E-state index contributed by atoms with van der Waals surface area (Å²) in [5.41, 5.74) is 2.74. The molecule has 0 bridgehead atoms. The van der Waals surface area contributed by atoms with Crippen LogP contribution in [0.2, 0.25) is 5.02 Å². The monoisotopic (exact) mass is 252 g/mol. The highest BCUT2D eigenvalue weighted by Gasteiger charge is 2.21. The lowest BCUT2D eigenvalue weighted by molar-refractivity contribution is 0.169. The van der Waals surface area contributed by atoms with Crippen molar-refractivity contribution in [3.8, 4) is 0 Å². The number of piperazine rings is 1. The number of rotatable bonds is 3. The molecule has 1 fully saturated rings. The molecule has 1 unspecified atom stereocenters. The van der Waals surface area contributed by atoms with E-state index in [1.54, 1.807) is 0 Å². The first kappa shape index (κ1) is 12.9. The molecular weight excluding hydrogens is 232 g/mol. The van der Waals surface area contributed by atoms with Gasteiger partial charge in [0.15, 0.2) is 0 Å². The molecule has 0 amide bonds. The zero-order valence-electron chi connectivity index (χ0n) is 10.7. The number of halogens is 1. The van der Waals surface area contributed by atoms with Crippen LogP contribution in [0.25, 0.3) is 0 Å². The summed E-state index contributed by atoms with van der Waals surface area (Å²) in [7, 11) is 0. The van der Waals surface area contributed by atoms with Crippen LogP contribution in [0.5, 0.6) is 0 Å². The summed E-state index contributed by atoms with van der Waals surface area (Å²) in [4.78, 5) is 2.56. The maximum absolute atomic E-state index is 6.13. The number of aryl methyl sites for hydroxylation is 1. The van der Waals surface area contributed by atoms with Gasteiger partial charge in [-0.3, -0.25) is 4.90 Å². The third kappa shape index (κ3) is 3.01. The van der Waals surface area contributed by atoms with Gasteiger partial charge in [0.2, 0.25) is 0 Å². The smallest absolute Gasteiger partial charge is 0.0409 e. The molecule has 1 aliphatic heterocycles. The normalized spacial score (nSPS) is 19.2. The van der Waals surface area contributed by atoms with Gasteiger partial charge in [-0.25, -0.2) is 0 Å². The molecular formula is C14H21ClN2. The Morgan fingerprint density at radius 2 is 2.06 bits per heavy atom. The van der Waals surface area contributed by atoms with E-state index < -0.39 is 0 Å². The van der Waals surface area contributed by atoms with Gasteiger partial charge < -0.3 is 5.32 Å². The predicted molar refractivity (Wildman–Crippen MR) is 73.7 cm³/mol. The van der Waals surface area contributed by atoms with Crippen LogP contribution in [-0.2, 0) is 0 Å². The minimum Gasteiger partial charge on any atom is -0.314 e. The first-order valence-electron chi connectivity index (χ1n) is 6.43. The molecule has 1 aromatic carbocycles. The summed E-state index contributed by atoms with van der Waals surface area (Å²) >= 11 is 6.13. The maximum Gasteiger partial charge on any atom is 0.0409 e. The second-order valence-electron chi connectivity index (χ2n) is 4.71. The van der Waals surface area contributed by atoms with Crippen LogP contribution in [0, 0.1) is 6.92 Å². The Labute approximate surface area is 109 Å². The largest absolute Gasteiger partial charge is 0.314 e. The maximum atomic E-state index is 6.13. The summed E-state index contributed by atoms with van der Waals surface area (Å²) in [6, 6.07) is 6.75. The van der Waals surface area contributed by atoms with Crippen LogP contribution in [0.4, 0.5) is 0 Å². The van der Waals surface area contributed by atoms with E-state index in [4.69, 9.17) is 11.6 Å². The minimum atomic E-state index is 0.510. The summed E-state index contributed by atoms with van der Waals surface area (Å²) in [6.07, 6.45) is 1.14. The number of benzene rings is 1. The second kappa shape index (κ2) is 5.85. The van der Waals surface area contributed by atoms with Crippen molar-refractivity contribution in [3.05, 3.63) is 34.3 Å². The van der Waals surface area contributed by atoms with Crippen LogP contribution in [0.15, 0.2) is 18.2 Å². The van der Waals surface area contributed by atoms with E-state index in [0.717, 1.165) is 37.6 Å². The fourth-order valence-electron chi connectivity index (χ4n) is 2.64. The van der Waals surface area contributed by atoms with E-state index >= 15 is 0 Å². The number of nitrogens with one attached hydrogen (secondary N) is 1. The Morgan fingerprint density at radius 1 is 1.35 bits per heavy atom. The van der Waals surface area contributed by atoms with Gasteiger partial charge in [0.25, 0.3) is 0 Å². The van der Waals surface area contributed by atoms with Crippen LogP contribution < -0.4 is 5.32 Å². The van der Waals surface area contributed by atoms with Crippen LogP contribution in [0.3, 0.4) is 0 Å². The molecule has 0 aliphatic carbocycles. The Kier molecular flexibility index (Phi) is 4.43. The van der Waals surface area contributed by atoms with Gasteiger partial charge >= 0.3 is 0 Å². The number of nitrogens with zero attached hydrogens (tertiary/aromatic N) is 1. The van der Waals surface area contributed by atoms with Crippen LogP contribution in [-0.4, -0.2) is 31.1 Å². The van der Waals surface area contributed by atoms with E-state index in [-0.39, 0.29) is 0 Å². The van der Waals surface area contributed by atoms with Crippen molar-refractivity contribution in [2.24, 2.45) is 0 Å².